The van der Waals surface area contributed by atoms with Gasteiger partial charge in [-0.05, 0) is 42.4 Å². The first-order valence-electron chi connectivity index (χ1n) is 10.7. The van der Waals surface area contributed by atoms with Gasteiger partial charge in [-0.15, -0.1) is 0 Å². The van der Waals surface area contributed by atoms with Crippen molar-refractivity contribution in [2.24, 2.45) is 5.92 Å². The maximum atomic E-state index is 11.4. The second kappa shape index (κ2) is 6.89. The van der Waals surface area contributed by atoms with Gasteiger partial charge in [-0.3, -0.25) is 0 Å². The molecule has 3 unspecified atom stereocenters. The highest BCUT2D eigenvalue weighted by Crippen LogP contribution is 2.64. The third-order valence-corrected chi connectivity index (χ3v) is 8.58. The van der Waals surface area contributed by atoms with Crippen LogP contribution in [0, 0.1) is 5.92 Å². The highest BCUT2D eigenvalue weighted by Gasteiger charge is 2.49. The van der Waals surface area contributed by atoms with Crippen molar-refractivity contribution in [3.63, 3.8) is 0 Å². The predicted molar refractivity (Wildman–Crippen MR) is 124 cm³/mol. The van der Waals surface area contributed by atoms with Crippen molar-refractivity contribution in [2.45, 2.75) is 36.0 Å². The van der Waals surface area contributed by atoms with Crippen LogP contribution < -0.4 is 0 Å². The third kappa shape index (κ3) is 2.55. The fourth-order valence-corrected chi connectivity index (χ4v) is 7.19. The maximum absolute atomic E-state index is 11.4. The molecule has 5 aliphatic rings. The van der Waals surface area contributed by atoms with Crippen LogP contribution in [0.1, 0.15) is 53.4 Å². The number of hydrogen-bond donors (Lipinski definition) is 2. The molecule has 0 spiro atoms. The van der Waals surface area contributed by atoms with Crippen LogP contribution in [0.4, 0.5) is 0 Å². The number of benzene rings is 2. The molecule has 0 saturated carbocycles. The van der Waals surface area contributed by atoms with Crippen molar-refractivity contribution in [2.75, 3.05) is 13.1 Å². The van der Waals surface area contributed by atoms with Crippen LogP contribution in [0.2, 0.25) is 0 Å². The number of aromatic hydroxyl groups is 2. The molecule has 2 bridgehead atoms. The van der Waals surface area contributed by atoms with Gasteiger partial charge in [0.2, 0.25) is 0 Å². The number of allylic oxidation sites excluding steroid dienone is 4. The third-order valence-electron chi connectivity index (χ3n) is 7.10. The van der Waals surface area contributed by atoms with E-state index in [1.807, 2.05) is 0 Å². The Morgan fingerprint density at radius 3 is 2.63 bits per heavy atom. The molecule has 1 fully saturated rings. The molecule has 0 radical (unpaired) electrons. The standard InChI is InChI=1S/C25H23NO2S2/c27-18-13-19(30-25(29)26-11-5-6-12-26)24(28)23-21-16-9-3-1-7-14(16)20(22(18)23)15-8-2-4-10-17(15)21/h1-4,7-9,13,17,20-21,27-28H,5-6,10-12H2. The fraction of sp³-hybridized carbons (Fsp3) is 0.320. The van der Waals surface area contributed by atoms with E-state index in [1.165, 1.54) is 28.5 Å². The lowest BCUT2D eigenvalue weighted by Crippen LogP contribution is -2.35. The number of thiocarbonyl (C=S) groups is 1. The molecule has 3 nitrogen and oxygen atoms in total. The van der Waals surface area contributed by atoms with E-state index in [-0.39, 0.29) is 17.6 Å². The van der Waals surface area contributed by atoms with Gasteiger partial charge in [0.25, 0.3) is 0 Å². The van der Waals surface area contributed by atoms with Crippen molar-refractivity contribution in [1.29, 1.82) is 0 Å². The Kier molecular flexibility index (Phi) is 4.26. The number of hydrogen-bond acceptors (Lipinski definition) is 4. The number of nitrogens with zero attached hydrogens (tertiary/aromatic N) is 1. The summed E-state index contributed by atoms with van der Waals surface area (Å²) in [6.07, 6.45) is 9.84. The summed E-state index contributed by atoms with van der Waals surface area (Å²) in [5.74, 6) is 0.967. The van der Waals surface area contributed by atoms with Crippen LogP contribution in [0.15, 0.2) is 59.0 Å². The summed E-state index contributed by atoms with van der Waals surface area (Å²) in [4.78, 5) is 2.87. The number of thioether (sulfide) groups is 1. The van der Waals surface area contributed by atoms with Gasteiger partial charge in [0, 0.05) is 36.1 Å². The second-order valence-electron chi connectivity index (χ2n) is 8.61. The summed E-state index contributed by atoms with van der Waals surface area (Å²) >= 11 is 7.06. The van der Waals surface area contributed by atoms with Crippen molar-refractivity contribution in [1.82, 2.24) is 4.90 Å². The van der Waals surface area contributed by atoms with E-state index in [4.69, 9.17) is 12.2 Å². The maximum Gasteiger partial charge on any atom is 0.141 e. The van der Waals surface area contributed by atoms with E-state index < -0.39 is 0 Å². The normalized spacial score (nSPS) is 25.5. The minimum Gasteiger partial charge on any atom is -0.508 e. The monoisotopic (exact) mass is 433 g/mol. The predicted octanol–water partition coefficient (Wildman–Crippen LogP) is 5.66. The summed E-state index contributed by atoms with van der Waals surface area (Å²) in [5, 5.41) is 22.6. The molecule has 7 rings (SSSR count). The summed E-state index contributed by atoms with van der Waals surface area (Å²) in [6.45, 7) is 1.95. The van der Waals surface area contributed by atoms with E-state index in [2.05, 4.69) is 47.4 Å². The SMILES string of the molecule is Oc1cc(SC(=S)N2CCCC2)c(O)c2c1C1C3=CC=CCC3C2c2ccccc21. The van der Waals surface area contributed by atoms with E-state index in [0.717, 1.165) is 47.8 Å². The first-order valence-corrected chi connectivity index (χ1v) is 11.9. The van der Waals surface area contributed by atoms with Crippen LogP contribution in [0.25, 0.3) is 0 Å². The Hall–Kier alpha value is -2.24. The average Bonchev–Trinajstić information content (AvgIpc) is 3.32. The van der Waals surface area contributed by atoms with Crippen molar-refractivity contribution < 1.29 is 10.2 Å². The number of phenolic OH excluding ortho intramolecular Hbond substituents is 2. The molecule has 30 heavy (non-hydrogen) atoms. The number of likely N-dealkylation sites (tertiary alicyclic amines) is 1. The van der Waals surface area contributed by atoms with Crippen LogP contribution >= 0.6 is 24.0 Å². The van der Waals surface area contributed by atoms with Gasteiger partial charge in [-0.25, -0.2) is 0 Å². The first-order chi connectivity index (χ1) is 14.6. The van der Waals surface area contributed by atoms with Crippen molar-refractivity contribution in [3.05, 3.63) is 76.4 Å². The minimum atomic E-state index is 0.00614. The lowest BCUT2D eigenvalue weighted by molar-refractivity contribution is 0.390. The van der Waals surface area contributed by atoms with Gasteiger partial charge in [0.15, 0.2) is 0 Å². The van der Waals surface area contributed by atoms with Gasteiger partial charge in [-0.1, -0.05) is 72.0 Å². The van der Waals surface area contributed by atoms with E-state index in [9.17, 15) is 10.2 Å². The number of phenols is 2. The molecule has 1 saturated heterocycles. The Bertz CT molecular complexity index is 1130. The number of rotatable bonds is 1. The van der Waals surface area contributed by atoms with Crippen LogP contribution in [-0.4, -0.2) is 32.5 Å². The lowest BCUT2D eigenvalue weighted by atomic mass is 9.55. The molecule has 152 valence electrons. The summed E-state index contributed by atoms with van der Waals surface area (Å²) in [7, 11) is 0. The van der Waals surface area contributed by atoms with Crippen molar-refractivity contribution >= 4 is 28.3 Å². The molecule has 1 heterocycles. The zero-order valence-corrected chi connectivity index (χ0v) is 18.2. The molecular formula is C25H23NO2S2. The zero-order chi connectivity index (χ0) is 20.4. The average molecular weight is 434 g/mol. The first kappa shape index (κ1) is 18.5. The summed E-state index contributed by atoms with van der Waals surface area (Å²) in [5.41, 5.74) is 5.69. The van der Waals surface area contributed by atoms with Crippen LogP contribution in [0.5, 0.6) is 11.5 Å². The van der Waals surface area contributed by atoms with Crippen LogP contribution in [0.3, 0.4) is 0 Å². The summed E-state index contributed by atoms with van der Waals surface area (Å²) in [6, 6.07) is 10.2. The molecule has 3 atom stereocenters. The molecule has 4 aliphatic carbocycles. The van der Waals surface area contributed by atoms with E-state index in [1.54, 1.807) is 6.07 Å². The minimum absolute atomic E-state index is 0.00614. The largest absolute Gasteiger partial charge is 0.508 e. The van der Waals surface area contributed by atoms with Gasteiger partial charge in [0.1, 0.15) is 15.8 Å². The molecule has 2 aromatic carbocycles. The highest BCUT2D eigenvalue weighted by molar-refractivity contribution is 8.23. The highest BCUT2D eigenvalue weighted by atomic mass is 32.2. The van der Waals surface area contributed by atoms with Crippen LogP contribution in [-0.2, 0) is 0 Å². The Morgan fingerprint density at radius 1 is 1.07 bits per heavy atom. The van der Waals surface area contributed by atoms with Gasteiger partial charge in [-0.2, -0.15) is 0 Å². The molecule has 1 aliphatic heterocycles. The topological polar surface area (TPSA) is 43.7 Å². The van der Waals surface area contributed by atoms with E-state index >= 15 is 0 Å². The van der Waals surface area contributed by atoms with Crippen molar-refractivity contribution in [3.8, 4) is 11.5 Å². The molecular weight excluding hydrogens is 410 g/mol. The summed E-state index contributed by atoms with van der Waals surface area (Å²) < 4.78 is 0.782. The molecule has 5 heteroatoms. The molecule has 0 amide bonds. The second-order valence-corrected chi connectivity index (χ2v) is 10.3. The van der Waals surface area contributed by atoms with E-state index in [0.29, 0.717) is 16.6 Å². The molecule has 0 aromatic heterocycles. The van der Waals surface area contributed by atoms with Gasteiger partial charge < -0.3 is 15.1 Å². The fourth-order valence-electron chi connectivity index (χ4n) is 5.86. The quantitative estimate of drug-likeness (QED) is 0.345. The molecule has 2 N–H and O–H groups in total. The lowest BCUT2D eigenvalue weighted by Gasteiger charge is -2.48. The molecule has 2 aromatic rings. The smallest absolute Gasteiger partial charge is 0.141 e. The van der Waals surface area contributed by atoms with Gasteiger partial charge >= 0.3 is 0 Å². The Labute approximate surface area is 186 Å². The Balaban J connectivity index is 1.51. The zero-order valence-electron chi connectivity index (χ0n) is 16.5. The Morgan fingerprint density at radius 2 is 1.83 bits per heavy atom. The van der Waals surface area contributed by atoms with Gasteiger partial charge in [0.05, 0.1) is 4.90 Å².